The lowest BCUT2D eigenvalue weighted by Gasteiger charge is -2.28. The van der Waals surface area contributed by atoms with Gasteiger partial charge in [0.15, 0.2) is 4.91 Å². The number of halogens is 2. The molecule has 0 fully saturated rings. The molecule has 2 aromatic carbocycles. The first-order chi connectivity index (χ1) is 11.8. The van der Waals surface area contributed by atoms with Gasteiger partial charge in [-0.05, 0) is 49.4 Å². The van der Waals surface area contributed by atoms with Crippen LogP contribution >= 0.6 is 27.5 Å². The molecule has 5 nitrogen and oxygen atoms in total. The third kappa shape index (κ3) is 3.31. The van der Waals surface area contributed by atoms with Crippen molar-refractivity contribution in [1.29, 1.82) is 0 Å². The summed E-state index contributed by atoms with van der Waals surface area (Å²) in [5, 5.41) is 0.267. The smallest absolute Gasteiger partial charge is 0.351 e. The zero-order valence-corrected chi connectivity index (χ0v) is 16.2. The number of benzene rings is 2. The Labute approximate surface area is 158 Å². The maximum atomic E-state index is 12.8. The summed E-state index contributed by atoms with van der Waals surface area (Å²) >= 11 is 9.35. The van der Waals surface area contributed by atoms with Crippen molar-refractivity contribution in [3.63, 3.8) is 0 Å². The van der Waals surface area contributed by atoms with E-state index in [1.54, 1.807) is 36.1 Å². The molecule has 0 aromatic heterocycles. The van der Waals surface area contributed by atoms with Crippen LogP contribution in [0.3, 0.4) is 0 Å². The molecule has 0 saturated carbocycles. The monoisotopic (exact) mass is 441 g/mol. The molecule has 0 unspecified atom stereocenters. The van der Waals surface area contributed by atoms with E-state index in [2.05, 4.69) is 15.9 Å². The van der Waals surface area contributed by atoms with E-state index in [0.29, 0.717) is 11.4 Å². The van der Waals surface area contributed by atoms with E-state index in [-0.39, 0.29) is 16.5 Å². The fraction of sp³-hybridized carbons (Fsp3) is 0.118. The molecular weight excluding hydrogens is 430 g/mol. The lowest BCUT2D eigenvalue weighted by Crippen LogP contribution is -2.26. The zero-order valence-electron chi connectivity index (χ0n) is 13.1. The normalized spacial score (nSPS) is 15.3. The fourth-order valence-corrected chi connectivity index (χ4v) is 4.44. The summed E-state index contributed by atoms with van der Waals surface area (Å²) in [6.07, 6.45) is 1.28. The van der Waals surface area contributed by atoms with E-state index < -0.39 is 20.7 Å². The Morgan fingerprint density at radius 3 is 2.52 bits per heavy atom. The van der Waals surface area contributed by atoms with E-state index in [0.717, 1.165) is 4.47 Å². The second-order valence-electron chi connectivity index (χ2n) is 5.18. The van der Waals surface area contributed by atoms with E-state index in [1.807, 2.05) is 12.1 Å². The first-order valence-electron chi connectivity index (χ1n) is 7.33. The summed E-state index contributed by atoms with van der Waals surface area (Å²) in [6.45, 7) is 1.69. The molecule has 0 spiro atoms. The Balaban J connectivity index is 2.24. The maximum Gasteiger partial charge on any atom is 0.351 e. The molecule has 1 aliphatic heterocycles. The van der Waals surface area contributed by atoms with E-state index in [9.17, 15) is 13.2 Å². The Bertz CT molecular complexity index is 971. The van der Waals surface area contributed by atoms with Gasteiger partial charge in [0.1, 0.15) is 0 Å². The Morgan fingerprint density at radius 2 is 1.88 bits per heavy atom. The van der Waals surface area contributed by atoms with Crippen molar-refractivity contribution >= 4 is 54.7 Å². The molecule has 0 atom stereocenters. The van der Waals surface area contributed by atoms with Crippen LogP contribution in [0.5, 0.6) is 0 Å². The van der Waals surface area contributed by atoms with Gasteiger partial charge in [0.05, 0.1) is 17.2 Å². The molecule has 0 saturated heterocycles. The van der Waals surface area contributed by atoms with Crippen LogP contribution in [-0.2, 0) is 19.4 Å². The minimum atomic E-state index is -4.02. The van der Waals surface area contributed by atoms with Crippen molar-refractivity contribution in [1.82, 2.24) is 0 Å². The zero-order chi connectivity index (χ0) is 18.2. The number of anilines is 2. The standard InChI is InChI=1S/C17H13BrClNO4S/c1-2-24-17(21)16-10-20(13-6-3-11(18)4-7-13)14-8-5-12(19)9-15(14)25(16,22)23/h3-10H,2H2,1H3. The number of hydrogen-bond acceptors (Lipinski definition) is 5. The lowest BCUT2D eigenvalue weighted by atomic mass is 10.2. The molecule has 0 radical (unpaired) electrons. The number of esters is 1. The van der Waals surface area contributed by atoms with Crippen molar-refractivity contribution in [3.05, 3.63) is 63.1 Å². The average Bonchev–Trinajstić information content (AvgIpc) is 2.56. The highest BCUT2D eigenvalue weighted by molar-refractivity contribution is 9.10. The lowest BCUT2D eigenvalue weighted by molar-refractivity contribution is -0.137. The number of carbonyl (C=O) groups excluding carboxylic acids is 1. The van der Waals surface area contributed by atoms with Gasteiger partial charge in [-0.15, -0.1) is 0 Å². The van der Waals surface area contributed by atoms with E-state index >= 15 is 0 Å². The van der Waals surface area contributed by atoms with Gasteiger partial charge in [0.2, 0.25) is 9.84 Å². The second-order valence-corrected chi connectivity index (χ2v) is 8.41. The molecule has 0 bridgehead atoms. The predicted octanol–water partition coefficient (Wildman–Crippen LogP) is 4.43. The largest absolute Gasteiger partial charge is 0.462 e. The SMILES string of the molecule is CCOC(=O)C1=CN(c2ccc(Br)cc2)c2ccc(Cl)cc2S1(=O)=O. The Morgan fingerprint density at radius 1 is 1.20 bits per heavy atom. The van der Waals surface area contributed by atoms with Crippen LogP contribution in [0, 0.1) is 0 Å². The molecule has 130 valence electrons. The van der Waals surface area contributed by atoms with Crippen LogP contribution in [0.4, 0.5) is 11.4 Å². The molecule has 0 amide bonds. The van der Waals surface area contributed by atoms with Gasteiger partial charge in [-0.2, -0.15) is 0 Å². The number of ether oxygens (including phenoxy) is 1. The Hall–Kier alpha value is -1.83. The topological polar surface area (TPSA) is 63.7 Å². The number of hydrogen-bond donors (Lipinski definition) is 0. The van der Waals surface area contributed by atoms with Crippen LogP contribution in [-0.4, -0.2) is 21.0 Å². The minimum absolute atomic E-state index is 0.0338. The van der Waals surface area contributed by atoms with Crippen LogP contribution in [0.2, 0.25) is 5.02 Å². The first kappa shape index (κ1) is 18.0. The number of rotatable bonds is 3. The van der Waals surface area contributed by atoms with Gasteiger partial charge in [-0.1, -0.05) is 27.5 Å². The van der Waals surface area contributed by atoms with Crippen molar-refractivity contribution in [2.45, 2.75) is 11.8 Å². The molecule has 0 aliphatic carbocycles. The molecule has 8 heteroatoms. The van der Waals surface area contributed by atoms with Crippen molar-refractivity contribution in [2.75, 3.05) is 11.5 Å². The van der Waals surface area contributed by atoms with E-state index in [1.165, 1.54) is 12.3 Å². The highest BCUT2D eigenvalue weighted by atomic mass is 79.9. The van der Waals surface area contributed by atoms with Gasteiger partial charge in [0, 0.05) is 21.4 Å². The number of sulfone groups is 1. The fourth-order valence-electron chi connectivity index (χ4n) is 2.46. The van der Waals surface area contributed by atoms with Crippen molar-refractivity contribution in [3.8, 4) is 0 Å². The first-order valence-corrected chi connectivity index (χ1v) is 9.98. The predicted molar refractivity (Wildman–Crippen MR) is 99.6 cm³/mol. The van der Waals surface area contributed by atoms with Gasteiger partial charge in [-0.25, -0.2) is 13.2 Å². The third-order valence-corrected chi connectivity index (χ3v) is 6.11. The van der Waals surface area contributed by atoms with E-state index in [4.69, 9.17) is 16.3 Å². The molecule has 0 N–H and O–H groups in total. The van der Waals surface area contributed by atoms with Crippen LogP contribution in [0.15, 0.2) is 62.9 Å². The molecule has 1 heterocycles. The third-order valence-electron chi connectivity index (χ3n) is 3.59. The highest BCUT2D eigenvalue weighted by Crippen LogP contribution is 2.41. The second kappa shape index (κ2) is 6.82. The van der Waals surface area contributed by atoms with Gasteiger partial charge in [0.25, 0.3) is 0 Å². The minimum Gasteiger partial charge on any atom is -0.462 e. The summed E-state index contributed by atoms with van der Waals surface area (Å²) in [4.78, 5) is 13.4. The molecule has 1 aliphatic rings. The number of nitrogens with zero attached hydrogens (tertiary/aromatic N) is 1. The summed E-state index contributed by atoms with van der Waals surface area (Å²) in [6, 6.07) is 11.8. The summed E-state index contributed by atoms with van der Waals surface area (Å²) < 4.78 is 31.5. The molecule has 2 aromatic rings. The van der Waals surface area contributed by atoms with Crippen LogP contribution in [0.1, 0.15) is 6.92 Å². The quantitative estimate of drug-likeness (QED) is 0.658. The van der Waals surface area contributed by atoms with Crippen molar-refractivity contribution in [2.24, 2.45) is 0 Å². The van der Waals surface area contributed by atoms with Crippen molar-refractivity contribution < 1.29 is 17.9 Å². The van der Waals surface area contributed by atoms with Crippen LogP contribution in [0.25, 0.3) is 0 Å². The average molecular weight is 443 g/mol. The Kier molecular flexibility index (Phi) is 4.90. The van der Waals surface area contributed by atoms with Gasteiger partial charge in [-0.3, -0.25) is 0 Å². The summed E-state index contributed by atoms with van der Waals surface area (Å²) in [5.74, 6) is -0.893. The summed E-state index contributed by atoms with van der Waals surface area (Å²) in [7, 11) is -4.02. The van der Waals surface area contributed by atoms with Gasteiger partial charge < -0.3 is 9.64 Å². The number of carbonyl (C=O) groups is 1. The van der Waals surface area contributed by atoms with Crippen LogP contribution < -0.4 is 4.90 Å². The highest BCUT2D eigenvalue weighted by Gasteiger charge is 2.36. The molecule has 25 heavy (non-hydrogen) atoms. The number of fused-ring (bicyclic) bond motifs is 1. The van der Waals surface area contributed by atoms with Gasteiger partial charge >= 0.3 is 5.97 Å². The summed E-state index contributed by atoms with van der Waals surface area (Å²) in [5.41, 5.74) is 1.11. The molecule has 3 rings (SSSR count). The molecular formula is C17H13BrClNO4S. The maximum absolute atomic E-state index is 12.8.